The second-order valence-electron chi connectivity index (χ2n) is 5.08. The monoisotopic (exact) mass is 279 g/mol. The van der Waals surface area contributed by atoms with E-state index in [-0.39, 0.29) is 24.5 Å². The zero-order valence-corrected chi connectivity index (χ0v) is 11.6. The Morgan fingerprint density at radius 3 is 2.80 bits per heavy atom. The molecule has 0 bridgehead atoms. The summed E-state index contributed by atoms with van der Waals surface area (Å²) in [5.74, 6) is 0.206. The van der Waals surface area contributed by atoms with Crippen molar-refractivity contribution in [2.24, 2.45) is 5.92 Å². The van der Waals surface area contributed by atoms with Gasteiger partial charge in [-0.05, 0) is 31.9 Å². The summed E-state index contributed by atoms with van der Waals surface area (Å²) < 4.78 is 5.44. The van der Waals surface area contributed by atoms with Gasteiger partial charge in [-0.15, -0.1) is 0 Å². The molecule has 0 heterocycles. The molecule has 0 radical (unpaired) electrons. The molecule has 20 heavy (non-hydrogen) atoms. The maximum Gasteiger partial charge on any atom is 0.255 e. The number of ether oxygens (including phenoxy) is 1. The van der Waals surface area contributed by atoms with Crippen molar-refractivity contribution < 1.29 is 19.7 Å². The molecule has 1 amide bonds. The number of amides is 1. The first-order chi connectivity index (χ1) is 9.65. The van der Waals surface area contributed by atoms with Crippen molar-refractivity contribution in [1.29, 1.82) is 0 Å². The van der Waals surface area contributed by atoms with Crippen molar-refractivity contribution in [1.82, 2.24) is 5.32 Å². The molecular weight excluding hydrogens is 258 g/mol. The van der Waals surface area contributed by atoms with Gasteiger partial charge in [0, 0.05) is 18.6 Å². The summed E-state index contributed by atoms with van der Waals surface area (Å²) in [4.78, 5) is 12.3. The summed E-state index contributed by atoms with van der Waals surface area (Å²) in [7, 11) is 0. The van der Waals surface area contributed by atoms with Crippen LogP contribution in [0.3, 0.4) is 0 Å². The minimum Gasteiger partial charge on any atom is -0.493 e. The average Bonchev–Trinajstić information content (AvgIpc) is 2.79. The van der Waals surface area contributed by atoms with E-state index in [1.807, 2.05) is 13.0 Å². The lowest BCUT2D eigenvalue weighted by atomic mass is 10.1. The molecule has 3 atom stereocenters. The van der Waals surface area contributed by atoms with Gasteiger partial charge in [0.25, 0.3) is 5.91 Å². The molecule has 1 fully saturated rings. The fraction of sp³-hybridized carbons (Fsp3) is 0.533. The van der Waals surface area contributed by atoms with Crippen LogP contribution in [0, 0.1) is 5.92 Å². The van der Waals surface area contributed by atoms with Gasteiger partial charge in [0.05, 0.1) is 18.3 Å². The smallest absolute Gasteiger partial charge is 0.255 e. The first kappa shape index (κ1) is 14.8. The zero-order chi connectivity index (χ0) is 14.5. The lowest BCUT2D eigenvalue weighted by Gasteiger charge is -2.14. The Bertz CT molecular complexity index is 463. The highest BCUT2D eigenvalue weighted by molar-refractivity contribution is 5.97. The predicted octanol–water partition coefficient (Wildman–Crippen LogP) is 0.947. The molecule has 110 valence electrons. The average molecular weight is 279 g/mol. The number of nitrogens with one attached hydrogen (secondary N) is 1. The first-order valence-corrected chi connectivity index (χ1v) is 6.97. The van der Waals surface area contributed by atoms with Gasteiger partial charge in [0.1, 0.15) is 5.75 Å². The van der Waals surface area contributed by atoms with Crippen molar-refractivity contribution in [2.75, 3.05) is 13.2 Å². The van der Waals surface area contributed by atoms with E-state index < -0.39 is 6.10 Å². The van der Waals surface area contributed by atoms with E-state index in [9.17, 15) is 9.90 Å². The number of aliphatic hydroxyl groups is 2. The van der Waals surface area contributed by atoms with Gasteiger partial charge in [0.2, 0.25) is 0 Å². The highest BCUT2D eigenvalue weighted by Gasteiger charge is 2.33. The Kier molecular flexibility index (Phi) is 4.98. The van der Waals surface area contributed by atoms with Gasteiger partial charge in [-0.1, -0.05) is 12.1 Å². The van der Waals surface area contributed by atoms with Crippen LogP contribution in [-0.2, 0) is 0 Å². The zero-order valence-electron chi connectivity index (χ0n) is 11.6. The van der Waals surface area contributed by atoms with Crippen LogP contribution in [0.15, 0.2) is 24.3 Å². The van der Waals surface area contributed by atoms with Crippen LogP contribution in [0.1, 0.15) is 30.1 Å². The topological polar surface area (TPSA) is 78.8 Å². The molecule has 3 N–H and O–H groups in total. The van der Waals surface area contributed by atoms with Crippen LogP contribution in [0.4, 0.5) is 0 Å². The molecule has 0 aromatic heterocycles. The summed E-state index contributed by atoms with van der Waals surface area (Å²) >= 11 is 0. The number of para-hydroxylation sites is 1. The number of carbonyl (C=O) groups is 1. The number of carbonyl (C=O) groups excluding carboxylic acids is 1. The summed E-state index contributed by atoms with van der Waals surface area (Å²) in [5, 5.41) is 21.8. The summed E-state index contributed by atoms with van der Waals surface area (Å²) in [6, 6.07) is 6.98. The third-order valence-electron chi connectivity index (χ3n) is 3.66. The first-order valence-electron chi connectivity index (χ1n) is 6.97. The van der Waals surface area contributed by atoms with Crippen molar-refractivity contribution in [3.05, 3.63) is 29.8 Å². The third-order valence-corrected chi connectivity index (χ3v) is 3.66. The number of hydrogen-bond donors (Lipinski definition) is 3. The normalized spacial score (nSPS) is 25.4. The van der Waals surface area contributed by atoms with E-state index in [2.05, 4.69) is 5.32 Å². The molecular formula is C15H21NO4. The highest BCUT2D eigenvalue weighted by Crippen LogP contribution is 2.26. The van der Waals surface area contributed by atoms with E-state index in [0.29, 0.717) is 30.8 Å². The lowest BCUT2D eigenvalue weighted by Crippen LogP contribution is -2.33. The Labute approximate surface area is 118 Å². The maximum atomic E-state index is 12.3. The largest absolute Gasteiger partial charge is 0.493 e. The van der Waals surface area contributed by atoms with Crippen LogP contribution in [0.25, 0.3) is 0 Å². The van der Waals surface area contributed by atoms with Gasteiger partial charge < -0.3 is 20.3 Å². The molecule has 1 aromatic carbocycles. The van der Waals surface area contributed by atoms with Gasteiger partial charge in [-0.3, -0.25) is 4.79 Å². The van der Waals surface area contributed by atoms with Crippen molar-refractivity contribution in [3.8, 4) is 5.75 Å². The lowest BCUT2D eigenvalue weighted by molar-refractivity contribution is 0.0903. The fourth-order valence-electron chi connectivity index (χ4n) is 2.62. The fourth-order valence-corrected chi connectivity index (χ4v) is 2.62. The summed E-state index contributed by atoms with van der Waals surface area (Å²) in [6.07, 6.45) is 0.529. The second-order valence-corrected chi connectivity index (χ2v) is 5.08. The summed E-state index contributed by atoms with van der Waals surface area (Å²) in [5.41, 5.74) is 0.497. The van der Waals surface area contributed by atoms with Crippen LogP contribution in [0.2, 0.25) is 0 Å². The van der Waals surface area contributed by atoms with E-state index in [4.69, 9.17) is 9.84 Å². The molecule has 2 rings (SSSR count). The molecule has 1 aliphatic rings. The minimum atomic E-state index is -0.549. The highest BCUT2D eigenvalue weighted by atomic mass is 16.5. The molecule has 0 aliphatic heterocycles. The maximum absolute atomic E-state index is 12.3. The predicted molar refractivity (Wildman–Crippen MR) is 74.7 cm³/mol. The van der Waals surface area contributed by atoms with Crippen molar-refractivity contribution in [2.45, 2.75) is 31.9 Å². The number of benzene rings is 1. The van der Waals surface area contributed by atoms with Crippen LogP contribution in [0.5, 0.6) is 5.75 Å². The number of aliphatic hydroxyl groups excluding tert-OH is 2. The molecule has 1 aromatic rings. The number of rotatable bonds is 5. The van der Waals surface area contributed by atoms with Gasteiger partial charge in [-0.25, -0.2) is 0 Å². The van der Waals surface area contributed by atoms with Crippen LogP contribution in [-0.4, -0.2) is 41.5 Å². The van der Waals surface area contributed by atoms with Gasteiger partial charge in [-0.2, -0.15) is 0 Å². The second kappa shape index (κ2) is 6.72. The van der Waals surface area contributed by atoms with E-state index in [0.717, 1.165) is 0 Å². The Hall–Kier alpha value is -1.59. The number of hydrogen-bond acceptors (Lipinski definition) is 4. The van der Waals surface area contributed by atoms with E-state index in [1.54, 1.807) is 18.2 Å². The van der Waals surface area contributed by atoms with E-state index >= 15 is 0 Å². The Morgan fingerprint density at radius 2 is 2.15 bits per heavy atom. The van der Waals surface area contributed by atoms with Gasteiger partial charge in [0.15, 0.2) is 0 Å². The molecule has 0 unspecified atom stereocenters. The molecule has 1 aliphatic carbocycles. The molecule has 0 saturated heterocycles. The molecule has 5 nitrogen and oxygen atoms in total. The van der Waals surface area contributed by atoms with Crippen LogP contribution >= 0.6 is 0 Å². The van der Waals surface area contributed by atoms with Crippen molar-refractivity contribution >= 4 is 5.91 Å². The minimum absolute atomic E-state index is 0.0525. The van der Waals surface area contributed by atoms with Crippen LogP contribution < -0.4 is 10.1 Å². The quantitative estimate of drug-likeness (QED) is 0.749. The van der Waals surface area contributed by atoms with Gasteiger partial charge >= 0.3 is 0 Å². The molecule has 1 saturated carbocycles. The summed E-state index contributed by atoms with van der Waals surface area (Å²) in [6.45, 7) is 2.32. The Balaban J connectivity index is 2.02. The molecule has 5 heteroatoms. The third kappa shape index (κ3) is 3.29. The SMILES string of the molecule is CCOc1ccccc1C(=O)N[C@@H]1C[C@H](CO)[C@H](O)C1. The Morgan fingerprint density at radius 1 is 1.40 bits per heavy atom. The molecule has 0 spiro atoms. The van der Waals surface area contributed by atoms with E-state index in [1.165, 1.54) is 0 Å². The standard InChI is InChI=1S/C15H21NO4/c1-2-20-14-6-4-3-5-12(14)15(19)16-11-7-10(9-17)13(18)8-11/h3-6,10-11,13,17-18H,2,7-9H2,1H3,(H,16,19)/t10-,11-,13-/m1/s1. The van der Waals surface area contributed by atoms with Crippen molar-refractivity contribution in [3.63, 3.8) is 0 Å².